The van der Waals surface area contributed by atoms with Crippen molar-refractivity contribution in [3.63, 3.8) is 0 Å². The number of aliphatic hydroxyl groups is 2. The number of hydrogen-bond donors (Lipinski definition) is 3. The predicted molar refractivity (Wildman–Crippen MR) is 129 cm³/mol. The van der Waals surface area contributed by atoms with Crippen LogP contribution < -0.4 is 10.2 Å². The topological polar surface area (TPSA) is 89.9 Å². The van der Waals surface area contributed by atoms with E-state index in [0.717, 1.165) is 5.56 Å². The van der Waals surface area contributed by atoms with E-state index in [1.54, 1.807) is 54.6 Å². The Hall–Kier alpha value is -3.19. The predicted octanol–water partition coefficient (Wildman–Crippen LogP) is 4.43. The lowest BCUT2D eigenvalue weighted by Crippen LogP contribution is -2.37. The molecule has 0 saturated heterocycles. The normalized spacial score (nSPS) is 20.0. The maximum Gasteiger partial charge on any atom is 0.259 e. The van der Waals surface area contributed by atoms with Crippen LogP contribution in [-0.2, 0) is 5.60 Å². The summed E-state index contributed by atoms with van der Waals surface area (Å²) >= 11 is 6.58. The van der Waals surface area contributed by atoms with E-state index in [9.17, 15) is 19.8 Å². The van der Waals surface area contributed by atoms with Crippen molar-refractivity contribution in [3.8, 4) is 0 Å². The van der Waals surface area contributed by atoms with E-state index in [1.165, 1.54) is 4.90 Å². The number of para-hydroxylation sites is 1. The molecule has 0 radical (unpaired) electrons. The number of alkyl halides is 1. The molecule has 6 nitrogen and oxygen atoms in total. The molecule has 170 valence electrons. The number of aryl methyl sites for hydroxylation is 1. The van der Waals surface area contributed by atoms with Crippen LogP contribution >= 0.6 is 11.6 Å². The molecule has 3 aromatic rings. The quantitative estimate of drug-likeness (QED) is 0.393. The Labute approximate surface area is 197 Å². The second kappa shape index (κ2) is 9.35. The highest BCUT2D eigenvalue weighted by Crippen LogP contribution is 2.40. The van der Waals surface area contributed by atoms with Crippen molar-refractivity contribution in [2.75, 3.05) is 16.8 Å². The third-order valence-corrected chi connectivity index (χ3v) is 6.41. The number of carbonyl (C=O) groups is 2. The number of rotatable bonds is 4. The molecule has 0 fully saturated rings. The lowest BCUT2D eigenvalue weighted by molar-refractivity contribution is -0.0255. The Balaban J connectivity index is 1.59. The average Bonchev–Trinajstić information content (AvgIpc) is 2.94. The van der Waals surface area contributed by atoms with Crippen LogP contribution in [0.25, 0.3) is 0 Å². The fraction of sp³-hybridized carbons (Fsp3) is 0.231. The molecular formula is C26H25ClN2O4. The highest BCUT2D eigenvalue weighted by Gasteiger charge is 2.39. The van der Waals surface area contributed by atoms with E-state index in [4.69, 9.17) is 11.6 Å². The minimum absolute atomic E-state index is 0.224. The van der Waals surface area contributed by atoms with Crippen molar-refractivity contribution in [3.05, 3.63) is 95.1 Å². The van der Waals surface area contributed by atoms with Crippen molar-refractivity contribution >= 4 is 34.8 Å². The lowest BCUT2D eigenvalue weighted by atomic mass is 9.90. The van der Waals surface area contributed by atoms with Crippen molar-refractivity contribution in [2.24, 2.45) is 0 Å². The molecule has 0 bridgehead atoms. The monoisotopic (exact) mass is 464 g/mol. The van der Waals surface area contributed by atoms with Crippen LogP contribution in [0.4, 0.5) is 11.4 Å². The second-order valence-corrected chi connectivity index (χ2v) is 8.71. The van der Waals surface area contributed by atoms with Gasteiger partial charge < -0.3 is 15.5 Å². The first-order chi connectivity index (χ1) is 15.8. The molecule has 4 rings (SSSR count). The van der Waals surface area contributed by atoms with Crippen LogP contribution in [-0.4, -0.2) is 34.1 Å². The summed E-state index contributed by atoms with van der Waals surface area (Å²) in [7, 11) is 0. The smallest absolute Gasteiger partial charge is 0.259 e. The van der Waals surface area contributed by atoms with Gasteiger partial charge in [-0.25, -0.2) is 0 Å². The standard InChI is InChI=1S/C26H25ClN2O4/c1-17-6-2-3-7-20(17)24(31)28-19-12-10-18(11-13-19)25(32)29-22-9-5-4-8-21(22)26(33,16-30)15-14-23(29)27/h2-13,23,30,33H,14-16H2,1H3,(H,28,31). The zero-order valence-electron chi connectivity index (χ0n) is 18.2. The summed E-state index contributed by atoms with van der Waals surface area (Å²) in [6.07, 6.45) is 0.534. The lowest BCUT2D eigenvalue weighted by Gasteiger charge is -2.29. The third-order valence-electron chi connectivity index (χ3n) is 6.00. The summed E-state index contributed by atoms with van der Waals surface area (Å²) in [4.78, 5) is 27.4. The van der Waals surface area contributed by atoms with Crippen LogP contribution in [0, 0.1) is 6.92 Å². The highest BCUT2D eigenvalue weighted by molar-refractivity contribution is 6.26. The molecule has 2 amide bonds. The minimum Gasteiger partial charge on any atom is -0.393 e. The maximum absolute atomic E-state index is 13.4. The first kappa shape index (κ1) is 23.0. The SMILES string of the molecule is Cc1ccccc1C(=O)Nc1ccc(C(=O)N2c3ccccc3C(O)(CO)CCC2Cl)cc1. The summed E-state index contributed by atoms with van der Waals surface area (Å²) in [5.41, 5.74) is 1.17. The number of nitrogens with zero attached hydrogens (tertiary/aromatic N) is 1. The largest absolute Gasteiger partial charge is 0.393 e. The molecule has 3 N–H and O–H groups in total. The van der Waals surface area contributed by atoms with Gasteiger partial charge >= 0.3 is 0 Å². The van der Waals surface area contributed by atoms with Crippen molar-refractivity contribution in [2.45, 2.75) is 30.9 Å². The highest BCUT2D eigenvalue weighted by atomic mass is 35.5. The zero-order chi connectivity index (χ0) is 23.6. The Kier molecular flexibility index (Phi) is 6.51. The van der Waals surface area contributed by atoms with Gasteiger partial charge in [0.1, 0.15) is 11.1 Å². The molecule has 0 aliphatic carbocycles. The first-order valence-corrected chi connectivity index (χ1v) is 11.1. The molecular weight excluding hydrogens is 440 g/mol. The molecule has 3 aromatic carbocycles. The molecule has 0 saturated carbocycles. The summed E-state index contributed by atoms with van der Waals surface area (Å²) in [6, 6.07) is 20.8. The van der Waals surface area contributed by atoms with Crippen LogP contribution in [0.5, 0.6) is 0 Å². The third kappa shape index (κ3) is 4.50. The molecule has 1 aliphatic heterocycles. The van der Waals surface area contributed by atoms with Crippen LogP contribution in [0.15, 0.2) is 72.8 Å². The number of amides is 2. The molecule has 7 heteroatoms. The van der Waals surface area contributed by atoms with Gasteiger partial charge in [-0.1, -0.05) is 48.0 Å². The number of aliphatic hydroxyl groups excluding tert-OH is 1. The zero-order valence-corrected chi connectivity index (χ0v) is 18.9. The average molecular weight is 465 g/mol. The molecule has 33 heavy (non-hydrogen) atoms. The molecule has 2 atom stereocenters. The number of benzene rings is 3. The Morgan fingerprint density at radius 1 is 1.06 bits per heavy atom. The first-order valence-electron chi connectivity index (χ1n) is 10.7. The van der Waals surface area contributed by atoms with Gasteiger partial charge in [-0.3, -0.25) is 14.5 Å². The van der Waals surface area contributed by atoms with Gasteiger partial charge in [0, 0.05) is 22.4 Å². The van der Waals surface area contributed by atoms with E-state index >= 15 is 0 Å². The van der Waals surface area contributed by atoms with Gasteiger partial charge in [0.25, 0.3) is 11.8 Å². The van der Waals surface area contributed by atoms with Gasteiger partial charge in [0.05, 0.1) is 12.3 Å². The number of nitrogens with one attached hydrogen (secondary N) is 1. The summed E-state index contributed by atoms with van der Waals surface area (Å²) < 4.78 is 0. The van der Waals surface area contributed by atoms with E-state index in [2.05, 4.69) is 5.32 Å². The van der Waals surface area contributed by atoms with Gasteiger partial charge in [0.15, 0.2) is 0 Å². The summed E-state index contributed by atoms with van der Waals surface area (Å²) in [6.45, 7) is 1.40. The molecule has 2 unspecified atom stereocenters. The fourth-order valence-electron chi connectivity index (χ4n) is 4.11. The van der Waals surface area contributed by atoms with Gasteiger partial charge in [-0.05, 0) is 61.7 Å². The maximum atomic E-state index is 13.4. The Morgan fingerprint density at radius 3 is 2.42 bits per heavy atom. The van der Waals surface area contributed by atoms with E-state index < -0.39 is 17.7 Å². The number of hydrogen-bond acceptors (Lipinski definition) is 4. The van der Waals surface area contributed by atoms with E-state index in [0.29, 0.717) is 34.5 Å². The number of anilines is 2. The van der Waals surface area contributed by atoms with Crippen molar-refractivity contribution < 1.29 is 19.8 Å². The van der Waals surface area contributed by atoms with Crippen molar-refractivity contribution in [1.29, 1.82) is 0 Å². The second-order valence-electron chi connectivity index (χ2n) is 8.20. The van der Waals surface area contributed by atoms with Gasteiger partial charge in [-0.15, -0.1) is 0 Å². The summed E-state index contributed by atoms with van der Waals surface area (Å²) in [5.74, 6) is -0.556. The van der Waals surface area contributed by atoms with Crippen LogP contribution in [0.3, 0.4) is 0 Å². The number of halogens is 1. The van der Waals surface area contributed by atoms with E-state index in [-0.39, 0.29) is 18.2 Å². The molecule has 1 aliphatic rings. The van der Waals surface area contributed by atoms with Crippen LogP contribution in [0.2, 0.25) is 0 Å². The number of fused-ring (bicyclic) bond motifs is 1. The molecule has 0 aromatic heterocycles. The van der Waals surface area contributed by atoms with Gasteiger partial charge in [-0.2, -0.15) is 0 Å². The summed E-state index contributed by atoms with van der Waals surface area (Å²) in [5, 5.41) is 23.6. The minimum atomic E-state index is -1.47. The van der Waals surface area contributed by atoms with Crippen molar-refractivity contribution in [1.82, 2.24) is 0 Å². The Bertz CT molecular complexity index is 1180. The Morgan fingerprint density at radius 2 is 1.73 bits per heavy atom. The van der Waals surface area contributed by atoms with E-state index in [1.807, 2.05) is 25.1 Å². The molecule has 0 spiro atoms. The molecule has 1 heterocycles. The fourth-order valence-corrected chi connectivity index (χ4v) is 4.41. The van der Waals surface area contributed by atoms with Gasteiger partial charge in [0.2, 0.25) is 0 Å². The number of carbonyl (C=O) groups excluding carboxylic acids is 2. The van der Waals surface area contributed by atoms with Crippen LogP contribution in [0.1, 0.15) is 44.7 Å².